The molecule has 0 radical (unpaired) electrons. The molecule has 5 nitrogen and oxygen atoms in total. The smallest absolute Gasteiger partial charge is 0.103 e. The van der Waals surface area contributed by atoms with E-state index in [4.69, 9.17) is 15.6 Å². The number of hydrogen-bond acceptors (Lipinski definition) is 5. The van der Waals surface area contributed by atoms with E-state index in [1.165, 1.54) is 0 Å². The van der Waals surface area contributed by atoms with Crippen LogP contribution in [0.1, 0.15) is 87.5 Å². The van der Waals surface area contributed by atoms with E-state index in [0.29, 0.717) is 41.9 Å². The van der Waals surface area contributed by atoms with Gasteiger partial charge in [-0.2, -0.15) is 0 Å². The molecule has 33 heavy (non-hydrogen) atoms. The van der Waals surface area contributed by atoms with E-state index >= 15 is 0 Å². The van der Waals surface area contributed by atoms with Gasteiger partial charge in [0.1, 0.15) is 6.23 Å². The Kier molecular flexibility index (Phi) is 26.2. The van der Waals surface area contributed by atoms with E-state index in [1.54, 1.807) is 7.11 Å². The highest BCUT2D eigenvalue weighted by Crippen LogP contribution is 2.32. The van der Waals surface area contributed by atoms with E-state index < -0.39 is 6.23 Å². The number of allylic oxidation sites excluding steroid dienone is 1. The molecule has 0 rings (SSSR count). The second-order valence-electron chi connectivity index (χ2n) is 10.3. The van der Waals surface area contributed by atoms with Crippen molar-refractivity contribution in [2.24, 2.45) is 41.2 Å². The van der Waals surface area contributed by atoms with Crippen molar-refractivity contribution in [1.82, 2.24) is 4.90 Å². The van der Waals surface area contributed by atoms with Crippen LogP contribution in [-0.2, 0) is 4.74 Å². The van der Waals surface area contributed by atoms with Crippen LogP contribution in [0.25, 0.3) is 0 Å². The van der Waals surface area contributed by atoms with Crippen molar-refractivity contribution >= 4 is 0 Å². The molecule has 0 aliphatic rings. The van der Waals surface area contributed by atoms with E-state index in [0.717, 1.165) is 38.8 Å². The van der Waals surface area contributed by atoms with Gasteiger partial charge in [-0.15, -0.1) is 6.58 Å². The highest BCUT2D eigenvalue weighted by atomic mass is 16.5. The standard InChI is InChI=1S/C21H42O2.C5H14N2O.C2H6/c1-9-15(2)12-16(3)13-21(22)14-18(5)20(7)19(6)17(4)10-11-23-8;1-7(2)4-3-5(6)8;1-2/h9,15-22H,1,10-14H2,2-8H3;5,8H,3-4,6H2,1-2H3;1-2H3/t15?,16-,17?,18+,19?,20?,21?;;/m0../s1. The molecule has 4 N–H and O–H groups in total. The van der Waals surface area contributed by atoms with E-state index in [1.807, 2.05) is 38.9 Å². The third-order valence-corrected chi connectivity index (χ3v) is 6.77. The van der Waals surface area contributed by atoms with Crippen molar-refractivity contribution in [1.29, 1.82) is 0 Å². The molecule has 5 heteroatoms. The van der Waals surface area contributed by atoms with E-state index in [-0.39, 0.29) is 6.10 Å². The van der Waals surface area contributed by atoms with Gasteiger partial charge in [-0.1, -0.05) is 61.5 Å². The van der Waals surface area contributed by atoms with Gasteiger partial charge >= 0.3 is 0 Å². The molecule has 0 aliphatic heterocycles. The average molecular weight is 475 g/mol. The minimum absolute atomic E-state index is 0.180. The Morgan fingerprint density at radius 3 is 1.79 bits per heavy atom. The Labute approximate surface area is 208 Å². The molecule has 0 fully saturated rings. The van der Waals surface area contributed by atoms with Crippen molar-refractivity contribution in [3.05, 3.63) is 12.7 Å². The molecule has 0 spiro atoms. The fourth-order valence-electron chi connectivity index (χ4n) is 4.03. The van der Waals surface area contributed by atoms with E-state index in [2.05, 4.69) is 48.1 Å². The maximum atomic E-state index is 10.4. The lowest BCUT2D eigenvalue weighted by atomic mass is 9.75. The van der Waals surface area contributed by atoms with Gasteiger partial charge in [0, 0.05) is 20.3 Å². The predicted octanol–water partition coefficient (Wildman–Crippen LogP) is 5.80. The molecule has 0 saturated carbocycles. The average Bonchev–Trinajstić information content (AvgIpc) is 2.76. The third kappa shape index (κ3) is 23.1. The number of rotatable bonds is 16. The van der Waals surface area contributed by atoms with Gasteiger partial charge in [0.15, 0.2) is 0 Å². The Morgan fingerprint density at radius 2 is 1.39 bits per heavy atom. The van der Waals surface area contributed by atoms with Gasteiger partial charge in [-0.25, -0.2) is 0 Å². The lowest BCUT2D eigenvalue weighted by Crippen LogP contribution is -2.26. The van der Waals surface area contributed by atoms with Crippen LogP contribution in [-0.4, -0.2) is 61.8 Å². The number of methoxy groups -OCH3 is 1. The summed E-state index contributed by atoms with van der Waals surface area (Å²) in [5, 5.41) is 19.0. The van der Waals surface area contributed by atoms with Crippen LogP contribution in [0.15, 0.2) is 12.7 Å². The number of nitrogens with zero attached hydrogens (tertiary/aromatic N) is 1. The first-order valence-electron chi connectivity index (χ1n) is 13.2. The zero-order chi connectivity index (χ0) is 26.6. The summed E-state index contributed by atoms with van der Waals surface area (Å²) in [7, 11) is 5.67. The molecule has 0 aromatic carbocycles. The number of hydrogen-bond donors (Lipinski definition) is 3. The number of ether oxygens (including phenoxy) is 1. The zero-order valence-corrected chi connectivity index (χ0v) is 24.2. The minimum Gasteiger partial charge on any atom is -0.393 e. The lowest BCUT2D eigenvalue weighted by Gasteiger charge is -2.32. The topological polar surface area (TPSA) is 79.0 Å². The SMILES string of the molecule is C=CC(C)C[C@H](C)CC(O)C[C@@H](C)C(C)C(C)C(C)CCOC.CC.CN(C)CCC(N)O. The van der Waals surface area contributed by atoms with Crippen LogP contribution in [0.3, 0.4) is 0 Å². The molecule has 0 aromatic heterocycles. The highest BCUT2D eigenvalue weighted by Gasteiger charge is 2.25. The van der Waals surface area contributed by atoms with E-state index in [9.17, 15) is 5.11 Å². The van der Waals surface area contributed by atoms with Crippen molar-refractivity contribution in [2.45, 2.75) is 99.8 Å². The first-order valence-corrected chi connectivity index (χ1v) is 13.2. The number of nitrogens with two attached hydrogens (primary N) is 1. The Balaban J connectivity index is -0.000000754. The first-order chi connectivity index (χ1) is 15.3. The molecule has 202 valence electrons. The monoisotopic (exact) mass is 474 g/mol. The normalized spacial score (nSPS) is 18.4. The van der Waals surface area contributed by atoms with Crippen molar-refractivity contribution < 1.29 is 14.9 Å². The Morgan fingerprint density at radius 1 is 0.879 bits per heavy atom. The zero-order valence-electron chi connectivity index (χ0n) is 24.2. The molecular weight excluding hydrogens is 412 g/mol. The maximum Gasteiger partial charge on any atom is 0.103 e. The van der Waals surface area contributed by atoms with Gasteiger partial charge in [0.05, 0.1) is 6.10 Å². The van der Waals surface area contributed by atoms with Gasteiger partial charge in [0.25, 0.3) is 0 Å². The summed E-state index contributed by atoms with van der Waals surface area (Å²) >= 11 is 0. The summed E-state index contributed by atoms with van der Waals surface area (Å²) < 4.78 is 5.20. The minimum atomic E-state index is -0.655. The van der Waals surface area contributed by atoms with Crippen LogP contribution in [0, 0.1) is 35.5 Å². The molecule has 6 unspecified atom stereocenters. The molecule has 0 heterocycles. The molecule has 0 aliphatic carbocycles. The second-order valence-corrected chi connectivity index (χ2v) is 10.3. The van der Waals surface area contributed by atoms with Crippen LogP contribution in [0.4, 0.5) is 0 Å². The predicted molar refractivity (Wildman–Crippen MR) is 146 cm³/mol. The number of aliphatic hydroxyl groups is 2. The second kappa shape index (κ2) is 23.3. The maximum absolute atomic E-state index is 10.4. The fourth-order valence-corrected chi connectivity index (χ4v) is 4.03. The van der Waals surface area contributed by atoms with Gasteiger partial charge in [-0.3, -0.25) is 0 Å². The summed E-state index contributed by atoms with van der Waals surface area (Å²) in [6, 6.07) is 0. The molecule has 0 aromatic rings. The summed E-state index contributed by atoms with van der Waals surface area (Å²) in [5.74, 6) is 3.59. The van der Waals surface area contributed by atoms with Crippen LogP contribution in [0.5, 0.6) is 0 Å². The lowest BCUT2D eigenvalue weighted by molar-refractivity contribution is 0.0847. The molecule has 0 bridgehead atoms. The first kappa shape index (κ1) is 37.1. The summed E-state index contributed by atoms with van der Waals surface area (Å²) in [5.41, 5.74) is 5.07. The van der Waals surface area contributed by atoms with Crippen LogP contribution >= 0.6 is 0 Å². The van der Waals surface area contributed by atoms with Crippen molar-refractivity contribution in [3.8, 4) is 0 Å². The fraction of sp³-hybridized carbons (Fsp3) is 0.929. The molecule has 0 amide bonds. The summed E-state index contributed by atoms with van der Waals surface area (Å²) in [6.45, 7) is 23.3. The third-order valence-electron chi connectivity index (χ3n) is 6.77. The number of aliphatic hydroxyl groups excluding tert-OH is 2. The molecule has 8 atom stereocenters. The van der Waals surface area contributed by atoms with Gasteiger partial charge < -0.3 is 25.6 Å². The summed E-state index contributed by atoms with van der Waals surface area (Å²) in [6.07, 6.45) is 5.88. The highest BCUT2D eigenvalue weighted by molar-refractivity contribution is 4.79. The Bertz CT molecular complexity index is 410. The summed E-state index contributed by atoms with van der Waals surface area (Å²) in [4.78, 5) is 1.98. The molecular formula is C28H62N2O3. The largest absolute Gasteiger partial charge is 0.393 e. The van der Waals surface area contributed by atoms with Crippen molar-refractivity contribution in [3.63, 3.8) is 0 Å². The van der Waals surface area contributed by atoms with Gasteiger partial charge in [-0.05, 0) is 81.7 Å². The van der Waals surface area contributed by atoms with Crippen LogP contribution in [0.2, 0.25) is 0 Å². The van der Waals surface area contributed by atoms with Crippen LogP contribution < -0.4 is 5.73 Å². The Hall–Kier alpha value is -0.460. The molecule has 0 saturated heterocycles. The quantitative estimate of drug-likeness (QED) is 0.195. The van der Waals surface area contributed by atoms with Crippen molar-refractivity contribution in [2.75, 3.05) is 34.4 Å². The van der Waals surface area contributed by atoms with Gasteiger partial charge in [0.2, 0.25) is 0 Å².